The second kappa shape index (κ2) is 2.79. The number of aromatic nitrogens is 2. The van der Waals surface area contributed by atoms with Gasteiger partial charge in [-0.15, -0.1) is 0 Å². The molecule has 0 aromatic carbocycles. The van der Waals surface area contributed by atoms with Crippen LogP contribution in [0.2, 0.25) is 0 Å². The van der Waals surface area contributed by atoms with E-state index in [9.17, 15) is 0 Å². The van der Waals surface area contributed by atoms with Crippen molar-refractivity contribution >= 4 is 5.82 Å². The van der Waals surface area contributed by atoms with E-state index in [1.54, 1.807) is 0 Å². The number of nitrogens with two attached hydrogens (primary N) is 1. The Balaban J connectivity index is 2.25. The average molecular weight is 167 g/mol. The maximum absolute atomic E-state index is 5.77. The molecule has 1 aromatic heterocycles. The van der Waals surface area contributed by atoms with Gasteiger partial charge in [-0.1, -0.05) is 0 Å². The minimum Gasteiger partial charge on any atom is -0.384 e. The van der Waals surface area contributed by atoms with E-state index in [1.165, 1.54) is 0 Å². The number of nitrogen functional groups attached to an aromatic ring is 1. The van der Waals surface area contributed by atoms with Crippen molar-refractivity contribution in [2.24, 2.45) is 0 Å². The number of nitrogens with zero attached hydrogens (tertiary/aromatic N) is 2. The second-order valence-corrected chi connectivity index (χ2v) is 3.17. The van der Waals surface area contributed by atoms with Gasteiger partial charge in [0.15, 0.2) is 0 Å². The zero-order valence-corrected chi connectivity index (χ0v) is 7.16. The first-order valence-electron chi connectivity index (χ1n) is 4.17. The maximum atomic E-state index is 5.77. The standard InChI is InChI=1S/C8H13N3O/c1-6-4-8(9)11(10-6)7-2-3-12-5-7/h4,7H,2-3,5,9H2,1H3. The van der Waals surface area contributed by atoms with Gasteiger partial charge >= 0.3 is 0 Å². The Kier molecular flexibility index (Phi) is 1.77. The minimum atomic E-state index is 0.346. The normalized spacial score (nSPS) is 23.2. The van der Waals surface area contributed by atoms with Crippen LogP contribution in [-0.4, -0.2) is 23.0 Å². The molecule has 1 saturated heterocycles. The highest BCUT2D eigenvalue weighted by atomic mass is 16.5. The summed E-state index contributed by atoms with van der Waals surface area (Å²) in [6, 6.07) is 2.23. The smallest absolute Gasteiger partial charge is 0.122 e. The summed E-state index contributed by atoms with van der Waals surface area (Å²) in [5.74, 6) is 0.739. The van der Waals surface area contributed by atoms with Crippen molar-refractivity contribution < 1.29 is 4.74 Å². The molecule has 12 heavy (non-hydrogen) atoms. The third-order valence-corrected chi connectivity index (χ3v) is 2.14. The van der Waals surface area contributed by atoms with Crippen molar-refractivity contribution in [3.63, 3.8) is 0 Å². The predicted octanol–water partition coefficient (Wildman–Crippen LogP) is 0.735. The first-order valence-corrected chi connectivity index (χ1v) is 4.17. The van der Waals surface area contributed by atoms with Crippen molar-refractivity contribution in [2.75, 3.05) is 18.9 Å². The summed E-state index contributed by atoms with van der Waals surface area (Å²) >= 11 is 0. The molecular formula is C8H13N3O. The summed E-state index contributed by atoms with van der Waals surface area (Å²) in [5, 5.41) is 4.30. The minimum absolute atomic E-state index is 0.346. The van der Waals surface area contributed by atoms with E-state index in [4.69, 9.17) is 10.5 Å². The Morgan fingerprint density at radius 2 is 2.58 bits per heavy atom. The van der Waals surface area contributed by atoms with Gasteiger partial charge in [0.2, 0.25) is 0 Å². The highest BCUT2D eigenvalue weighted by molar-refractivity contribution is 5.30. The summed E-state index contributed by atoms with van der Waals surface area (Å²) in [5.41, 5.74) is 6.74. The lowest BCUT2D eigenvalue weighted by molar-refractivity contribution is 0.185. The van der Waals surface area contributed by atoms with Gasteiger partial charge in [-0.25, -0.2) is 4.68 Å². The molecule has 0 amide bonds. The fourth-order valence-electron chi connectivity index (χ4n) is 1.54. The van der Waals surface area contributed by atoms with Crippen molar-refractivity contribution in [2.45, 2.75) is 19.4 Å². The summed E-state index contributed by atoms with van der Waals surface area (Å²) in [4.78, 5) is 0. The number of ether oxygens (including phenoxy) is 1. The van der Waals surface area contributed by atoms with Crippen LogP contribution in [0.3, 0.4) is 0 Å². The zero-order chi connectivity index (χ0) is 8.55. The summed E-state index contributed by atoms with van der Waals surface area (Å²) in [6.07, 6.45) is 1.02. The van der Waals surface area contributed by atoms with Gasteiger partial charge in [-0.2, -0.15) is 5.10 Å². The Bertz CT molecular complexity index is 276. The molecule has 0 bridgehead atoms. The Morgan fingerprint density at radius 3 is 3.08 bits per heavy atom. The van der Waals surface area contributed by atoms with Crippen LogP contribution in [0.25, 0.3) is 0 Å². The monoisotopic (exact) mass is 167 g/mol. The van der Waals surface area contributed by atoms with E-state index in [1.807, 2.05) is 17.7 Å². The third kappa shape index (κ3) is 1.18. The highest BCUT2D eigenvalue weighted by Crippen LogP contribution is 2.21. The molecular weight excluding hydrogens is 154 g/mol. The number of rotatable bonds is 1. The summed E-state index contributed by atoms with van der Waals surface area (Å²) in [7, 11) is 0. The first-order chi connectivity index (χ1) is 5.77. The van der Waals surface area contributed by atoms with E-state index in [-0.39, 0.29) is 0 Å². The summed E-state index contributed by atoms with van der Waals surface area (Å²) in [6.45, 7) is 3.51. The van der Waals surface area contributed by atoms with Gasteiger partial charge in [0.1, 0.15) is 5.82 Å². The van der Waals surface area contributed by atoms with Crippen LogP contribution in [0.1, 0.15) is 18.2 Å². The maximum Gasteiger partial charge on any atom is 0.122 e. The van der Waals surface area contributed by atoms with Crippen molar-refractivity contribution in [1.82, 2.24) is 9.78 Å². The van der Waals surface area contributed by atoms with Crippen LogP contribution in [-0.2, 0) is 4.74 Å². The molecule has 2 N–H and O–H groups in total. The van der Waals surface area contributed by atoms with Gasteiger partial charge in [0, 0.05) is 12.7 Å². The SMILES string of the molecule is Cc1cc(N)n(C2CCOC2)n1. The van der Waals surface area contributed by atoms with Crippen molar-refractivity contribution in [3.8, 4) is 0 Å². The third-order valence-electron chi connectivity index (χ3n) is 2.14. The van der Waals surface area contributed by atoms with Gasteiger partial charge in [0.05, 0.1) is 18.3 Å². The molecule has 1 fully saturated rings. The molecule has 1 aromatic rings. The quantitative estimate of drug-likeness (QED) is 0.671. The summed E-state index contributed by atoms with van der Waals surface area (Å²) < 4.78 is 7.12. The van der Waals surface area contributed by atoms with Gasteiger partial charge in [0.25, 0.3) is 0 Å². The van der Waals surface area contributed by atoms with Crippen molar-refractivity contribution in [1.29, 1.82) is 0 Å². The number of aryl methyl sites for hydroxylation is 1. The number of hydrogen-bond donors (Lipinski definition) is 1. The van der Waals surface area contributed by atoms with E-state index < -0.39 is 0 Å². The van der Waals surface area contributed by atoms with Gasteiger partial charge in [-0.3, -0.25) is 0 Å². The second-order valence-electron chi connectivity index (χ2n) is 3.17. The van der Waals surface area contributed by atoms with Crippen LogP contribution in [0.15, 0.2) is 6.07 Å². The van der Waals surface area contributed by atoms with Crippen LogP contribution in [0.4, 0.5) is 5.82 Å². The highest BCUT2D eigenvalue weighted by Gasteiger charge is 2.19. The molecule has 0 spiro atoms. The molecule has 1 atom stereocenters. The molecule has 4 nitrogen and oxygen atoms in total. The lowest BCUT2D eigenvalue weighted by atomic mass is 10.3. The Hall–Kier alpha value is -1.03. The molecule has 2 rings (SSSR count). The molecule has 0 radical (unpaired) electrons. The lowest BCUT2D eigenvalue weighted by Gasteiger charge is -2.09. The zero-order valence-electron chi connectivity index (χ0n) is 7.16. The van der Waals surface area contributed by atoms with Crippen molar-refractivity contribution in [3.05, 3.63) is 11.8 Å². The van der Waals surface area contributed by atoms with Crippen LogP contribution < -0.4 is 5.73 Å². The molecule has 1 aliphatic rings. The Labute approximate surface area is 71.3 Å². The molecule has 1 unspecified atom stereocenters. The lowest BCUT2D eigenvalue weighted by Crippen LogP contribution is -2.12. The fourth-order valence-corrected chi connectivity index (χ4v) is 1.54. The van der Waals surface area contributed by atoms with E-state index in [0.717, 1.165) is 31.1 Å². The van der Waals surface area contributed by atoms with E-state index in [2.05, 4.69) is 5.10 Å². The molecule has 0 aliphatic carbocycles. The fraction of sp³-hybridized carbons (Fsp3) is 0.625. The van der Waals surface area contributed by atoms with Crippen LogP contribution in [0, 0.1) is 6.92 Å². The molecule has 4 heteroatoms. The van der Waals surface area contributed by atoms with Gasteiger partial charge < -0.3 is 10.5 Å². The largest absolute Gasteiger partial charge is 0.384 e. The van der Waals surface area contributed by atoms with Crippen LogP contribution in [0.5, 0.6) is 0 Å². The van der Waals surface area contributed by atoms with E-state index in [0.29, 0.717) is 6.04 Å². The topological polar surface area (TPSA) is 53.1 Å². The average Bonchev–Trinajstić information content (AvgIpc) is 2.58. The predicted molar refractivity (Wildman–Crippen MR) is 45.8 cm³/mol. The molecule has 0 saturated carbocycles. The first kappa shape index (κ1) is 7.61. The number of hydrogen-bond acceptors (Lipinski definition) is 3. The molecule has 2 heterocycles. The van der Waals surface area contributed by atoms with Crippen LogP contribution >= 0.6 is 0 Å². The van der Waals surface area contributed by atoms with Gasteiger partial charge in [-0.05, 0) is 13.3 Å². The molecule has 1 aliphatic heterocycles. The molecule has 66 valence electrons. The Morgan fingerprint density at radius 1 is 1.75 bits per heavy atom. The van der Waals surface area contributed by atoms with E-state index >= 15 is 0 Å². The number of anilines is 1.